The molecule has 0 radical (unpaired) electrons. The van der Waals surface area contributed by atoms with Crippen LogP contribution >= 0.6 is 0 Å². The summed E-state index contributed by atoms with van der Waals surface area (Å²) in [6.07, 6.45) is 2.70. The molecule has 0 fully saturated rings. The van der Waals surface area contributed by atoms with Crippen molar-refractivity contribution in [2.24, 2.45) is 0 Å². The molecule has 0 N–H and O–H groups in total. The number of anilines is 2. The molecule has 0 saturated heterocycles. The van der Waals surface area contributed by atoms with Gasteiger partial charge >= 0.3 is 0 Å². The lowest BCUT2D eigenvalue weighted by molar-refractivity contribution is 0.579. The van der Waals surface area contributed by atoms with Crippen molar-refractivity contribution < 1.29 is 0 Å². The molecule has 1 aromatic carbocycles. The van der Waals surface area contributed by atoms with Crippen LogP contribution in [0.3, 0.4) is 0 Å². The lowest BCUT2D eigenvalue weighted by atomic mass is 10.2. The molecule has 2 aromatic rings. The van der Waals surface area contributed by atoms with Crippen LogP contribution in [-0.2, 0) is 6.54 Å². The second kappa shape index (κ2) is 5.32. The van der Waals surface area contributed by atoms with E-state index in [1.54, 1.807) is 12.3 Å². The van der Waals surface area contributed by atoms with Crippen LogP contribution in [0.2, 0.25) is 0 Å². The van der Waals surface area contributed by atoms with Gasteiger partial charge in [0.1, 0.15) is 6.07 Å². The highest BCUT2D eigenvalue weighted by Gasteiger charge is 2.13. The van der Waals surface area contributed by atoms with Crippen molar-refractivity contribution in [3.8, 4) is 6.07 Å². The molecule has 0 bridgehead atoms. The number of benzene rings is 1. The van der Waals surface area contributed by atoms with Gasteiger partial charge in [-0.05, 0) is 18.6 Å². The van der Waals surface area contributed by atoms with Crippen molar-refractivity contribution >= 4 is 11.5 Å². The molecule has 0 atom stereocenters. The fourth-order valence-electron chi connectivity index (χ4n) is 1.87. The Morgan fingerprint density at radius 1 is 1.39 bits per heavy atom. The zero-order valence-corrected chi connectivity index (χ0v) is 10.5. The number of rotatable bonds is 4. The molecule has 0 amide bonds. The second-order valence-electron chi connectivity index (χ2n) is 4.00. The van der Waals surface area contributed by atoms with Gasteiger partial charge in [-0.3, -0.25) is 0 Å². The average Bonchev–Trinajstić information content (AvgIpc) is 2.86. The maximum atomic E-state index is 9.12. The van der Waals surface area contributed by atoms with E-state index in [2.05, 4.69) is 23.3 Å². The maximum Gasteiger partial charge on any atom is 0.151 e. The highest BCUT2D eigenvalue weighted by molar-refractivity contribution is 5.66. The van der Waals surface area contributed by atoms with Gasteiger partial charge in [-0.25, -0.2) is 4.68 Å². The third-order valence-electron chi connectivity index (χ3n) is 2.76. The number of nitrogens with zero attached hydrogens (tertiary/aromatic N) is 5. The Morgan fingerprint density at radius 3 is 2.89 bits per heavy atom. The molecule has 18 heavy (non-hydrogen) atoms. The van der Waals surface area contributed by atoms with Gasteiger partial charge in [-0.1, -0.05) is 24.3 Å². The summed E-state index contributed by atoms with van der Waals surface area (Å²) >= 11 is 0. The summed E-state index contributed by atoms with van der Waals surface area (Å²) in [4.78, 5) is 1.94. The summed E-state index contributed by atoms with van der Waals surface area (Å²) in [5.74, 6) is 0.888. The van der Waals surface area contributed by atoms with E-state index in [0.29, 0.717) is 5.56 Å². The van der Waals surface area contributed by atoms with E-state index in [0.717, 1.165) is 24.5 Å². The molecule has 5 nitrogen and oxygen atoms in total. The van der Waals surface area contributed by atoms with Crippen LogP contribution in [0, 0.1) is 11.3 Å². The Bertz CT molecular complexity index is 567. The zero-order chi connectivity index (χ0) is 13.0. The number of hydrogen-bond acceptors (Lipinski definition) is 4. The van der Waals surface area contributed by atoms with Crippen LogP contribution in [0.5, 0.6) is 0 Å². The van der Waals surface area contributed by atoms with Crippen LogP contribution in [0.4, 0.5) is 11.5 Å². The summed E-state index contributed by atoms with van der Waals surface area (Å²) in [5.41, 5.74) is 1.50. The van der Waals surface area contributed by atoms with Gasteiger partial charge in [0.25, 0.3) is 0 Å². The molecule has 5 heteroatoms. The molecule has 1 heterocycles. The Hall–Kier alpha value is -2.35. The molecule has 0 saturated carbocycles. The van der Waals surface area contributed by atoms with E-state index < -0.39 is 0 Å². The maximum absolute atomic E-state index is 9.12. The standard InChI is InChI=1S/C13H15N5/c1-3-8-18-13(10-15-16-18)17(2)12-7-5-4-6-11(12)9-14/h4-7,10H,3,8H2,1-2H3. The molecule has 0 spiro atoms. The molecule has 1 aromatic heterocycles. The average molecular weight is 241 g/mol. The summed E-state index contributed by atoms with van der Waals surface area (Å²) < 4.78 is 1.84. The fraction of sp³-hybridized carbons (Fsp3) is 0.308. The summed E-state index contributed by atoms with van der Waals surface area (Å²) in [5, 5.41) is 17.1. The van der Waals surface area contributed by atoms with E-state index in [9.17, 15) is 0 Å². The zero-order valence-electron chi connectivity index (χ0n) is 10.5. The van der Waals surface area contributed by atoms with E-state index in [1.165, 1.54) is 0 Å². The molecule has 92 valence electrons. The van der Waals surface area contributed by atoms with Gasteiger partial charge in [0.05, 0.1) is 17.4 Å². The normalized spacial score (nSPS) is 10.1. The number of aryl methyl sites for hydroxylation is 1. The first kappa shape index (κ1) is 12.1. The number of aromatic nitrogens is 3. The highest BCUT2D eigenvalue weighted by Crippen LogP contribution is 2.25. The van der Waals surface area contributed by atoms with Crippen LogP contribution in [0.25, 0.3) is 0 Å². The van der Waals surface area contributed by atoms with E-state index in [1.807, 2.05) is 34.8 Å². The SMILES string of the molecule is CCCn1nncc1N(C)c1ccccc1C#N. The van der Waals surface area contributed by atoms with Crippen LogP contribution in [0.15, 0.2) is 30.5 Å². The molecule has 0 aliphatic rings. The highest BCUT2D eigenvalue weighted by atomic mass is 15.5. The fourth-order valence-corrected chi connectivity index (χ4v) is 1.87. The Balaban J connectivity index is 2.39. The summed E-state index contributed by atoms with van der Waals surface area (Å²) in [6, 6.07) is 9.70. The third-order valence-corrected chi connectivity index (χ3v) is 2.76. The predicted octanol–water partition coefficient (Wildman–Crippen LogP) is 2.33. The van der Waals surface area contributed by atoms with Crippen molar-refractivity contribution in [2.45, 2.75) is 19.9 Å². The van der Waals surface area contributed by atoms with Crippen LogP contribution < -0.4 is 4.90 Å². The minimum atomic E-state index is 0.643. The van der Waals surface area contributed by atoms with E-state index in [-0.39, 0.29) is 0 Å². The van der Waals surface area contributed by atoms with Crippen molar-refractivity contribution in [1.82, 2.24) is 15.0 Å². The molecule has 0 aliphatic heterocycles. The lowest BCUT2D eigenvalue weighted by Crippen LogP contribution is -2.16. The van der Waals surface area contributed by atoms with Crippen molar-refractivity contribution in [2.75, 3.05) is 11.9 Å². The van der Waals surface area contributed by atoms with E-state index in [4.69, 9.17) is 5.26 Å². The lowest BCUT2D eigenvalue weighted by Gasteiger charge is -2.20. The summed E-state index contributed by atoms with van der Waals surface area (Å²) in [6.45, 7) is 2.91. The number of nitriles is 1. The molecule has 2 rings (SSSR count). The topological polar surface area (TPSA) is 57.7 Å². The molecular formula is C13H15N5. The Kier molecular flexibility index (Phi) is 3.58. The van der Waals surface area contributed by atoms with Gasteiger partial charge in [0.2, 0.25) is 0 Å². The minimum Gasteiger partial charge on any atom is -0.327 e. The van der Waals surface area contributed by atoms with Crippen molar-refractivity contribution in [1.29, 1.82) is 5.26 Å². The molecule has 0 unspecified atom stereocenters. The minimum absolute atomic E-state index is 0.643. The second-order valence-corrected chi connectivity index (χ2v) is 4.00. The van der Waals surface area contributed by atoms with Gasteiger partial charge in [0.15, 0.2) is 5.82 Å². The van der Waals surface area contributed by atoms with E-state index >= 15 is 0 Å². The predicted molar refractivity (Wildman–Crippen MR) is 69.5 cm³/mol. The quantitative estimate of drug-likeness (QED) is 0.824. The first-order valence-corrected chi connectivity index (χ1v) is 5.89. The largest absolute Gasteiger partial charge is 0.327 e. The van der Waals surface area contributed by atoms with Crippen LogP contribution in [0.1, 0.15) is 18.9 Å². The molecular weight excluding hydrogens is 226 g/mol. The van der Waals surface area contributed by atoms with Crippen molar-refractivity contribution in [3.63, 3.8) is 0 Å². The van der Waals surface area contributed by atoms with Gasteiger partial charge in [-0.2, -0.15) is 5.26 Å². The Labute approximate surface area is 106 Å². The summed E-state index contributed by atoms with van der Waals surface area (Å²) in [7, 11) is 1.92. The monoisotopic (exact) mass is 241 g/mol. The Morgan fingerprint density at radius 2 is 2.17 bits per heavy atom. The first-order chi connectivity index (χ1) is 8.77. The van der Waals surface area contributed by atoms with Crippen molar-refractivity contribution in [3.05, 3.63) is 36.0 Å². The molecule has 0 aliphatic carbocycles. The van der Waals surface area contributed by atoms with Gasteiger partial charge in [0, 0.05) is 13.6 Å². The van der Waals surface area contributed by atoms with Crippen LogP contribution in [-0.4, -0.2) is 22.0 Å². The smallest absolute Gasteiger partial charge is 0.151 e. The van der Waals surface area contributed by atoms with Gasteiger partial charge in [-0.15, -0.1) is 5.10 Å². The number of hydrogen-bond donors (Lipinski definition) is 0. The third kappa shape index (κ3) is 2.18. The first-order valence-electron chi connectivity index (χ1n) is 5.89. The number of para-hydroxylation sites is 1. The van der Waals surface area contributed by atoms with Gasteiger partial charge < -0.3 is 4.90 Å².